The molecule has 0 saturated carbocycles. The molecule has 1 aromatic heterocycles. The number of aliphatic hydroxyl groups is 1. The van der Waals surface area contributed by atoms with Crippen LogP contribution in [-0.4, -0.2) is 28.1 Å². The van der Waals surface area contributed by atoms with Crippen LogP contribution in [0.3, 0.4) is 0 Å². The molecule has 0 unspecified atom stereocenters. The second kappa shape index (κ2) is 9.16. The van der Waals surface area contributed by atoms with Gasteiger partial charge in [0.15, 0.2) is 0 Å². The molecule has 0 radical (unpaired) electrons. The average molecular weight is 438 g/mol. The zero-order valence-corrected chi connectivity index (χ0v) is 17.8. The van der Waals surface area contributed by atoms with Gasteiger partial charge in [-0.15, -0.1) is 0 Å². The Balaban J connectivity index is 1.81. The highest BCUT2D eigenvalue weighted by atomic mass is 35.5. The molecule has 0 bridgehead atoms. The topological polar surface area (TPSA) is 60.1 Å². The number of pyridine rings is 1. The van der Waals surface area contributed by atoms with Gasteiger partial charge in [-0.2, -0.15) is 5.26 Å². The minimum Gasteiger partial charge on any atom is -0.386 e. The van der Waals surface area contributed by atoms with Gasteiger partial charge in [-0.3, -0.25) is 9.88 Å². The number of aromatic nitrogens is 1. The molecular formula is C24H21Cl2N3O. The van der Waals surface area contributed by atoms with Crippen molar-refractivity contribution >= 4 is 23.2 Å². The van der Waals surface area contributed by atoms with Gasteiger partial charge in [0.1, 0.15) is 6.10 Å². The molecule has 0 aliphatic carbocycles. The van der Waals surface area contributed by atoms with E-state index in [2.05, 4.69) is 16.0 Å². The van der Waals surface area contributed by atoms with Crippen LogP contribution in [0, 0.1) is 11.3 Å². The van der Waals surface area contributed by atoms with E-state index < -0.39 is 6.10 Å². The lowest BCUT2D eigenvalue weighted by Crippen LogP contribution is -2.31. The summed E-state index contributed by atoms with van der Waals surface area (Å²) in [6.45, 7) is 1.80. The van der Waals surface area contributed by atoms with E-state index in [-0.39, 0.29) is 6.04 Å². The van der Waals surface area contributed by atoms with Crippen LogP contribution in [0.4, 0.5) is 0 Å². The zero-order valence-electron chi connectivity index (χ0n) is 16.3. The van der Waals surface area contributed by atoms with Crippen LogP contribution >= 0.6 is 23.2 Å². The molecule has 1 fully saturated rings. The summed E-state index contributed by atoms with van der Waals surface area (Å²) in [4.78, 5) is 6.82. The molecule has 1 N–H and O–H groups in total. The third-order valence-corrected chi connectivity index (χ3v) is 5.92. The van der Waals surface area contributed by atoms with E-state index in [1.807, 2.05) is 30.3 Å². The van der Waals surface area contributed by atoms with Gasteiger partial charge in [-0.1, -0.05) is 41.4 Å². The number of halogens is 2. The summed E-state index contributed by atoms with van der Waals surface area (Å²) in [6.07, 6.45) is 3.04. The Kier molecular flexibility index (Phi) is 6.36. The van der Waals surface area contributed by atoms with Crippen LogP contribution < -0.4 is 0 Å². The van der Waals surface area contributed by atoms with E-state index in [1.54, 1.807) is 30.5 Å². The van der Waals surface area contributed by atoms with Crippen molar-refractivity contribution in [2.24, 2.45) is 0 Å². The lowest BCUT2D eigenvalue weighted by Gasteiger charge is -2.33. The van der Waals surface area contributed by atoms with Crippen molar-refractivity contribution in [3.63, 3.8) is 0 Å². The lowest BCUT2D eigenvalue weighted by atomic mass is 9.91. The number of likely N-dealkylation sites (tertiary alicyclic amines) is 1. The molecule has 2 atom stereocenters. The van der Waals surface area contributed by atoms with Crippen LogP contribution in [0.5, 0.6) is 0 Å². The Labute approximate surface area is 186 Å². The molecule has 6 heteroatoms. The summed E-state index contributed by atoms with van der Waals surface area (Å²) in [5, 5.41) is 22.0. The maximum atomic E-state index is 11.6. The van der Waals surface area contributed by atoms with Gasteiger partial charge in [0.25, 0.3) is 0 Å². The van der Waals surface area contributed by atoms with Crippen molar-refractivity contribution < 1.29 is 5.11 Å². The summed E-state index contributed by atoms with van der Waals surface area (Å²) in [5.41, 5.74) is 3.61. The second-order valence-electron chi connectivity index (χ2n) is 7.47. The molecule has 0 amide bonds. The Bertz CT molecular complexity index is 1070. The summed E-state index contributed by atoms with van der Waals surface area (Å²) in [6, 6.07) is 18.4. The molecule has 3 aromatic rings. The molecule has 2 heterocycles. The Morgan fingerprint density at radius 3 is 2.43 bits per heavy atom. The van der Waals surface area contributed by atoms with Gasteiger partial charge < -0.3 is 5.11 Å². The molecule has 30 heavy (non-hydrogen) atoms. The lowest BCUT2D eigenvalue weighted by molar-refractivity contribution is 0.0609. The van der Waals surface area contributed by atoms with Crippen molar-refractivity contribution in [3.05, 3.63) is 87.5 Å². The zero-order chi connectivity index (χ0) is 21.1. The minimum absolute atomic E-state index is 0.279. The summed E-state index contributed by atoms with van der Waals surface area (Å²) >= 11 is 12.4. The highest BCUT2D eigenvalue weighted by Crippen LogP contribution is 2.40. The van der Waals surface area contributed by atoms with Crippen LogP contribution in [-0.2, 0) is 0 Å². The van der Waals surface area contributed by atoms with E-state index >= 15 is 0 Å². The number of benzene rings is 2. The van der Waals surface area contributed by atoms with Crippen molar-refractivity contribution in [1.29, 1.82) is 5.26 Å². The van der Waals surface area contributed by atoms with E-state index in [4.69, 9.17) is 23.2 Å². The predicted molar refractivity (Wildman–Crippen MR) is 119 cm³/mol. The first-order valence-corrected chi connectivity index (χ1v) is 10.7. The molecule has 4 nitrogen and oxygen atoms in total. The maximum absolute atomic E-state index is 11.6. The highest BCUT2D eigenvalue weighted by molar-refractivity contribution is 6.35. The normalized spacial score (nSPS) is 16.2. The van der Waals surface area contributed by atoms with Crippen molar-refractivity contribution in [3.8, 4) is 17.3 Å². The van der Waals surface area contributed by atoms with Crippen LogP contribution in [0.1, 0.15) is 41.7 Å². The molecule has 1 aliphatic heterocycles. The Morgan fingerprint density at radius 2 is 1.73 bits per heavy atom. The van der Waals surface area contributed by atoms with E-state index in [1.165, 1.54) is 0 Å². The number of hydrogen-bond acceptors (Lipinski definition) is 4. The molecule has 152 valence electrons. The Hall–Kier alpha value is -2.42. The van der Waals surface area contributed by atoms with Crippen molar-refractivity contribution in [2.45, 2.75) is 25.0 Å². The maximum Gasteiger partial charge on any atom is 0.101 e. The van der Waals surface area contributed by atoms with Crippen molar-refractivity contribution in [1.82, 2.24) is 9.88 Å². The summed E-state index contributed by atoms with van der Waals surface area (Å²) in [5.74, 6) is 0. The van der Waals surface area contributed by atoms with Crippen molar-refractivity contribution in [2.75, 3.05) is 13.1 Å². The molecular weight excluding hydrogens is 417 g/mol. The first kappa shape index (κ1) is 20.8. The largest absolute Gasteiger partial charge is 0.386 e. The first-order valence-electron chi connectivity index (χ1n) is 9.90. The van der Waals surface area contributed by atoms with Gasteiger partial charge >= 0.3 is 0 Å². The average Bonchev–Trinajstić information content (AvgIpc) is 3.27. The van der Waals surface area contributed by atoms with E-state index in [0.29, 0.717) is 26.9 Å². The SMILES string of the molecule is N#Cc1cccc([C@@H]([C@H](O)c2cccnc2-c2cc(Cl)cc(Cl)c2)N2CCCC2)c1. The van der Waals surface area contributed by atoms with Gasteiger partial charge in [0, 0.05) is 27.4 Å². The highest BCUT2D eigenvalue weighted by Gasteiger charge is 2.32. The number of rotatable bonds is 5. The third-order valence-electron chi connectivity index (χ3n) is 5.48. The first-order chi connectivity index (χ1) is 14.6. The fourth-order valence-corrected chi connectivity index (χ4v) is 4.69. The van der Waals surface area contributed by atoms with Gasteiger partial charge in [0.2, 0.25) is 0 Å². The quantitative estimate of drug-likeness (QED) is 0.547. The van der Waals surface area contributed by atoms with Gasteiger partial charge in [-0.25, -0.2) is 0 Å². The number of nitrogens with zero attached hydrogens (tertiary/aromatic N) is 3. The molecule has 4 rings (SSSR count). The minimum atomic E-state index is -0.835. The monoisotopic (exact) mass is 437 g/mol. The fraction of sp³-hybridized carbons (Fsp3) is 0.250. The third kappa shape index (κ3) is 4.35. The summed E-state index contributed by atoms with van der Waals surface area (Å²) in [7, 11) is 0. The second-order valence-corrected chi connectivity index (χ2v) is 8.34. The summed E-state index contributed by atoms with van der Waals surface area (Å²) < 4.78 is 0. The number of nitriles is 1. The molecule has 1 saturated heterocycles. The smallest absolute Gasteiger partial charge is 0.101 e. The van der Waals surface area contributed by atoms with Crippen LogP contribution in [0.15, 0.2) is 60.8 Å². The van der Waals surface area contributed by atoms with Crippen LogP contribution in [0.2, 0.25) is 10.0 Å². The van der Waals surface area contributed by atoms with E-state index in [0.717, 1.165) is 37.1 Å². The van der Waals surface area contributed by atoms with Crippen LogP contribution in [0.25, 0.3) is 11.3 Å². The van der Waals surface area contributed by atoms with Gasteiger partial charge in [0.05, 0.1) is 23.4 Å². The fourth-order valence-electron chi connectivity index (χ4n) is 4.16. The van der Waals surface area contributed by atoms with E-state index in [9.17, 15) is 10.4 Å². The Morgan fingerprint density at radius 1 is 1.00 bits per heavy atom. The molecule has 2 aromatic carbocycles. The number of hydrogen-bond donors (Lipinski definition) is 1. The molecule has 0 spiro atoms. The van der Waals surface area contributed by atoms with Gasteiger partial charge in [-0.05, 0) is 67.9 Å². The number of aliphatic hydroxyl groups excluding tert-OH is 1. The molecule has 1 aliphatic rings. The standard InChI is InChI=1S/C24H21Cl2N3O/c25-19-12-18(13-20(26)14-19)22-21(7-4-8-28-22)24(30)23(29-9-1-2-10-29)17-6-3-5-16(11-17)15-27/h3-8,11-14,23-24,30H,1-2,9-10H2/t23-,24+/m0/s1. The predicted octanol–water partition coefficient (Wildman–Crippen LogP) is 5.80.